The van der Waals surface area contributed by atoms with E-state index in [2.05, 4.69) is 25.9 Å². The fourth-order valence-corrected chi connectivity index (χ4v) is 1.03. The lowest BCUT2D eigenvalue weighted by Crippen LogP contribution is -2.23. The van der Waals surface area contributed by atoms with E-state index in [1.54, 1.807) is 0 Å². The maximum absolute atomic E-state index is 11.8. The average molecular weight is 232 g/mol. The minimum absolute atomic E-state index is 0.158. The Bertz CT molecular complexity index is 179. The lowest BCUT2D eigenvalue weighted by Gasteiger charge is -2.03. The topological polar surface area (TPSA) is 21.6 Å². The minimum atomic E-state index is -4.34. The molecule has 0 aromatic heterocycles. The number of hydrogen-bond acceptors (Lipinski definition) is 2. The molecule has 1 rings (SSSR count). The van der Waals surface area contributed by atoms with Crippen molar-refractivity contribution in [1.29, 1.82) is 0 Å². The molecule has 0 saturated heterocycles. The van der Waals surface area contributed by atoms with Crippen molar-refractivity contribution >= 4 is 21.6 Å². The monoisotopic (exact) mass is 231 g/mol. The first-order valence-electron chi connectivity index (χ1n) is 2.90. The van der Waals surface area contributed by atoms with E-state index in [4.69, 9.17) is 0 Å². The van der Waals surface area contributed by atoms with Gasteiger partial charge in [0, 0.05) is 11.8 Å². The van der Waals surface area contributed by atoms with Gasteiger partial charge in [0.1, 0.15) is 6.10 Å². The highest BCUT2D eigenvalue weighted by Gasteiger charge is 2.41. The third-order valence-corrected chi connectivity index (χ3v) is 1.95. The van der Waals surface area contributed by atoms with Gasteiger partial charge in [-0.05, 0) is 0 Å². The number of rotatable bonds is 1. The summed E-state index contributed by atoms with van der Waals surface area (Å²) in [5.74, 6) is 0. The second-order valence-electron chi connectivity index (χ2n) is 2.12. The summed E-state index contributed by atoms with van der Waals surface area (Å²) in [6.07, 6.45) is -4.96. The zero-order chi connectivity index (χ0) is 8.48. The molecule has 0 aromatic rings. The minimum Gasteiger partial charge on any atom is -0.391 e. The van der Waals surface area contributed by atoms with Crippen LogP contribution in [-0.4, -0.2) is 23.3 Å². The second-order valence-corrected chi connectivity index (χ2v) is 2.77. The summed E-state index contributed by atoms with van der Waals surface area (Å²) in [4.78, 5) is 4.46. The van der Waals surface area contributed by atoms with Crippen molar-refractivity contribution in [3.63, 3.8) is 0 Å². The van der Waals surface area contributed by atoms with E-state index in [1.807, 2.05) is 0 Å². The van der Waals surface area contributed by atoms with Crippen molar-refractivity contribution in [1.82, 2.24) is 0 Å². The molecule has 1 atom stereocenters. The summed E-state index contributed by atoms with van der Waals surface area (Å²) in [5.41, 5.74) is -0.832. The molecule has 0 amide bonds. The first-order valence-corrected chi connectivity index (χ1v) is 4.02. The van der Waals surface area contributed by atoms with Crippen molar-refractivity contribution < 1.29 is 18.0 Å². The van der Waals surface area contributed by atoms with E-state index in [1.165, 1.54) is 0 Å². The van der Waals surface area contributed by atoms with Crippen LogP contribution < -0.4 is 0 Å². The molecule has 0 aliphatic carbocycles. The van der Waals surface area contributed by atoms with Gasteiger partial charge in [-0.1, -0.05) is 21.1 Å². The van der Waals surface area contributed by atoms with Crippen LogP contribution in [0.25, 0.3) is 0 Å². The fraction of sp³-hybridized carbons (Fsp3) is 0.800. The van der Waals surface area contributed by atoms with Crippen LogP contribution in [0.2, 0.25) is 0 Å². The smallest absolute Gasteiger partial charge is 0.391 e. The summed E-state index contributed by atoms with van der Waals surface area (Å²) >= 11 is 3.00. The summed E-state index contributed by atoms with van der Waals surface area (Å²) in [5, 5.41) is 3.29. The van der Waals surface area contributed by atoms with Gasteiger partial charge in [-0.25, -0.2) is 0 Å². The summed E-state index contributed by atoms with van der Waals surface area (Å²) in [6, 6.07) is 0. The van der Waals surface area contributed by atoms with Gasteiger partial charge in [0.25, 0.3) is 0 Å². The van der Waals surface area contributed by atoms with Gasteiger partial charge in [-0.2, -0.15) is 13.2 Å². The predicted molar refractivity (Wildman–Crippen MR) is 36.8 cm³/mol. The molecule has 1 heterocycles. The first-order chi connectivity index (χ1) is 5.04. The van der Waals surface area contributed by atoms with Crippen molar-refractivity contribution in [3.8, 4) is 0 Å². The van der Waals surface area contributed by atoms with Gasteiger partial charge in [0.2, 0.25) is 0 Å². The number of halogens is 4. The van der Waals surface area contributed by atoms with Crippen LogP contribution in [0.3, 0.4) is 0 Å². The summed E-state index contributed by atoms with van der Waals surface area (Å²) in [6.45, 7) is 0. The number of nitrogens with zero attached hydrogens (tertiary/aromatic N) is 1. The van der Waals surface area contributed by atoms with Gasteiger partial charge >= 0.3 is 6.18 Å². The highest BCUT2D eigenvalue weighted by Crippen LogP contribution is 2.25. The van der Waals surface area contributed by atoms with E-state index >= 15 is 0 Å². The SMILES string of the molecule is FC(F)(F)C1=NOC(CBr)C1. The lowest BCUT2D eigenvalue weighted by atomic mass is 10.2. The molecule has 0 aromatic carbocycles. The predicted octanol–water partition coefficient (Wildman–Crippen LogP) is 2.09. The Morgan fingerprint density at radius 1 is 1.64 bits per heavy atom. The summed E-state index contributed by atoms with van der Waals surface area (Å²) < 4.78 is 35.5. The molecule has 0 fully saturated rings. The van der Waals surface area contributed by atoms with E-state index in [9.17, 15) is 13.2 Å². The van der Waals surface area contributed by atoms with Crippen molar-refractivity contribution in [3.05, 3.63) is 0 Å². The quantitative estimate of drug-likeness (QED) is 0.634. The zero-order valence-corrected chi connectivity index (χ0v) is 6.94. The molecule has 1 aliphatic heterocycles. The van der Waals surface area contributed by atoms with Crippen molar-refractivity contribution in [2.45, 2.75) is 18.7 Å². The number of alkyl halides is 4. The number of oxime groups is 1. The molecule has 0 radical (unpaired) electrons. The molecular weight excluding hydrogens is 227 g/mol. The van der Waals surface area contributed by atoms with Gasteiger partial charge < -0.3 is 4.84 Å². The first kappa shape index (κ1) is 8.83. The Kier molecular flexibility index (Phi) is 2.41. The van der Waals surface area contributed by atoms with Crippen LogP contribution in [-0.2, 0) is 4.84 Å². The molecule has 1 unspecified atom stereocenters. The fourth-order valence-electron chi connectivity index (χ4n) is 0.679. The normalized spacial score (nSPS) is 24.7. The molecule has 0 saturated carbocycles. The maximum atomic E-state index is 11.8. The molecule has 0 spiro atoms. The molecule has 1 aliphatic rings. The molecule has 64 valence electrons. The molecule has 2 nitrogen and oxygen atoms in total. The maximum Gasteiger partial charge on any atom is 0.432 e. The second kappa shape index (κ2) is 3.00. The van der Waals surface area contributed by atoms with Crippen LogP contribution in [0.5, 0.6) is 0 Å². The standard InChI is InChI=1S/C5H5BrF3NO/c6-2-3-1-4(10-11-3)5(7,8)9/h3H,1-2H2. The van der Waals surface area contributed by atoms with Gasteiger partial charge in [0.05, 0.1) is 0 Å². The van der Waals surface area contributed by atoms with Gasteiger partial charge in [-0.3, -0.25) is 0 Å². The third-order valence-electron chi connectivity index (χ3n) is 1.23. The third kappa shape index (κ3) is 2.08. The summed E-state index contributed by atoms with van der Waals surface area (Å²) in [7, 11) is 0. The van der Waals surface area contributed by atoms with Crippen LogP contribution in [0, 0.1) is 0 Å². The van der Waals surface area contributed by atoms with Crippen LogP contribution in [0.15, 0.2) is 5.16 Å². The highest BCUT2D eigenvalue weighted by molar-refractivity contribution is 9.09. The Balaban J connectivity index is 2.53. The zero-order valence-electron chi connectivity index (χ0n) is 5.36. The van der Waals surface area contributed by atoms with Crippen LogP contribution in [0.4, 0.5) is 13.2 Å². The van der Waals surface area contributed by atoms with Gasteiger partial charge in [-0.15, -0.1) is 0 Å². The van der Waals surface area contributed by atoms with E-state index < -0.39 is 18.0 Å². The highest BCUT2D eigenvalue weighted by atomic mass is 79.9. The van der Waals surface area contributed by atoms with E-state index in [0.29, 0.717) is 5.33 Å². The molecule has 11 heavy (non-hydrogen) atoms. The molecule has 0 N–H and O–H groups in total. The Morgan fingerprint density at radius 2 is 2.27 bits per heavy atom. The van der Waals surface area contributed by atoms with Crippen LogP contribution >= 0.6 is 15.9 Å². The van der Waals surface area contributed by atoms with E-state index in [0.717, 1.165) is 0 Å². The average Bonchev–Trinajstić information content (AvgIpc) is 2.32. The Morgan fingerprint density at radius 3 is 2.55 bits per heavy atom. The lowest BCUT2D eigenvalue weighted by molar-refractivity contribution is -0.0604. The Labute approximate surface area is 69.5 Å². The molecule has 6 heteroatoms. The molecule has 0 bridgehead atoms. The molecular formula is C5H5BrF3NO. The largest absolute Gasteiger partial charge is 0.432 e. The van der Waals surface area contributed by atoms with Crippen LogP contribution in [0.1, 0.15) is 6.42 Å². The van der Waals surface area contributed by atoms with Crippen molar-refractivity contribution in [2.24, 2.45) is 5.16 Å². The van der Waals surface area contributed by atoms with Crippen molar-refractivity contribution in [2.75, 3.05) is 5.33 Å². The Hall–Kier alpha value is -0.260. The van der Waals surface area contributed by atoms with E-state index in [-0.39, 0.29) is 6.42 Å². The number of hydrogen-bond donors (Lipinski definition) is 0. The van der Waals surface area contributed by atoms with Gasteiger partial charge in [0.15, 0.2) is 5.71 Å².